The molecule has 0 saturated heterocycles. The van der Waals surface area contributed by atoms with E-state index < -0.39 is 0 Å². The zero-order valence-corrected chi connectivity index (χ0v) is 16.1. The van der Waals surface area contributed by atoms with Gasteiger partial charge in [-0.3, -0.25) is 0 Å². The van der Waals surface area contributed by atoms with Crippen LogP contribution in [0, 0.1) is 0 Å². The van der Waals surface area contributed by atoms with E-state index >= 15 is 0 Å². The molecule has 0 aliphatic rings. The van der Waals surface area contributed by atoms with Crippen molar-refractivity contribution >= 4 is 5.97 Å². The fourth-order valence-electron chi connectivity index (χ4n) is 1.92. The number of rotatable bonds is 13. The molecule has 0 spiro atoms. The lowest BCUT2D eigenvalue weighted by molar-refractivity contribution is -0.138. The predicted molar refractivity (Wildman–Crippen MR) is 109 cm³/mol. The molecule has 0 aliphatic carbocycles. The first-order valence-corrected chi connectivity index (χ1v) is 9.31. The Morgan fingerprint density at radius 3 is 1.48 bits per heavy atom. The topological polar surface area (TPSA) is 26.3 Å². The van der Waals surface area contributed by atoms with Gasteiger partial charge in [0.15, 0.2) is 0 Å². The summed E-state index contributed by atoms with van der Waals surface area (Å²) < 4.78 is 4.93. The van der Waals surface area contributed by atoms with Crippen LogP contribution in [0.2, 0.25) is 0 Å². The maximum Gasteiger partial charge on any atom is 0.333 e. The van der Waals surface area contributed by atoms with Crippen LogP contribution in [0.4, 0.5) is 0 Å². The summed E-state index contributed by atoms with van der Waals surface area (Å²) in [6, 6.07) is 0. The lowest BCUT2D eigenvalue weighted by atomic mass is 10.2. The molecule has 2 heteroatoms. The maximum atomic E-state index is 11.4. The van der Waals surface area contributed by atoms with Crippen molar-refractivity contribution in [2.45, 2.75) is 59.3 Å². The Morgan fingerprint density at radius 2 is 1.08 bits per heavy atom. The number of carbonyl (C=O) groups excluding carboxylic acids is 1. The quantitative estimate of drug-likeness (QED) is 0.213. The molecule has 0 heterocycles. The van der Waals surface area contributed by atoms with E-state index in [4.69, 9.17) is 4.74 Å². The molecule has 0 atom stereocenters. The molecule has 138 valence electrons. The summed E-state index contributed by atoms with van der Waals surface area (Å²) in [5, 5.41) is 0. The van der Waals surface area contributed by atoms with Gasteiger partial charge in [-0.05, 0) is 52.4 Å². The molecule has 2 nitrogen and oxygen atoms in total. The van der Waals surface area contributed by atoms with Crippen molar-refractivity contribution in [1.82, 2.24) is 0 Å². The third-order valence-electron chi connectivity index (χ3n) is 3.32. The summed E-state index contributed by atoms with van der Waals surface area (Å²) in [5.41, 5.74) is 0.669. The molecule has 0 saturated carbocycles. The van der Waals surface area contributed by atoms with Gasteiger partial charge < -0.3 is 4.74 Å². The van der Waals surface area contributed by atoms with Crippen LogP contribution in [-0.4, -0.2) is 12.6 Å². The van der Waals surface area contributed by atoms with Gasteiger partial charge in [0.25, 0.3) is 0 Å². The number of allylic oxidation sites excluding steroid dienone is 11. The molecule has 0 radical (unpaired) electrons. The second-order valence-electron chi connectivity index (χ2n) is 5.55. The molecule has 0 rings (SSSR count). The van der Waals surface area contributed by atoms with Crippen LogP contribution in [0.25, 0.3) is 0 Å². The molecule has 0 bridgehead atoms. The van der Waals surface area contributed by atoms with E-state index in [1.807, 2.05) is 13.0 Å². The van der Waals surface area contributed by atoms with Crippen molar-refractivity contribution < 1.29 is 9.53 Å². The first-order chi connectivity index (χ1) is 12.2. The minimum atomic E-state index is -0.227. The maximum absolute atomic E-state index is 11.4. The Morgan fingerprint density at radius 1 is 0.680 bits per heavy atom. The summed E-state index contributed by atoms with van der Waals surface area (Å²) in [6.07, 6.45) is 29.4. The Hall–Kier alpha value is -2.09. The van der Waals surface area contributed by atoms with Gasteiger partial charge in [0.2, 0.25) is 0 Å². The molecule has 0 aliphatic heterocycles. The molecule has 0 amide bonds. The van der Waals surface area contributed by atoms with Gasteiger partial charge in [0.1, 0.15) is 0 Å². The zero-order chi connectivity index (χ0) is 18.6. The van der Waals surface area contributed by atoms with Crippen LogP contribution in [0.1, 0.15) is 59.3 Å². The van der Waals surface area contributed by atoms with Gasteiger partial charge in [-0.2, -0.15) is 0 Å². The highest BCUT2D eigenvalue weighted by Gasteiger charge is 2.01. The molecule has 0 aromatic heterocycles. The Labute approximate surface area is 154 Å². The van der Waals surface area contributed by atoms with E-state index in [1.54, 1.807) is 6.92 Å². The van der Waals surface area contributed by atoms with Crippen LogP contribution in [0.5, 0.6) is 0 Å². The molecule has 0 fully saturated rings. The highest BCUT2D eigenvalue weighted by atomic mass is 16.5. The van der Waals surface area contributed by atoms with E-state index in [9.17, 15) is 4.79 Å². The smallest absolute Gasteiger partial charge is 0.333 e. The number of esters is 1. The van der Waals surface area contributed by atoms with Gasteiger partial charge in [0, 0.05) is 5.57 Å². The van der Waals surface area contributed by atoms with Gasteiger partial charge in [0.05, 0.1) is 6.61 Å². The zero-order valence-electron chi connectivity index (χ0n) is 16.1. The molecule has 25 heavy (non-hydrogen) atoms. The first-order valence-electron chi connectivity index (χ1n) is 9.31. The monoisotopic (exact) mass is 342 g/mol. The van der Waals surface area contributed by atoms with Crippen LogP contribution >= 0.6 is 0 Å². The van der Waals surface area contributed by atoms with E-state index in [0.29, 0.717) is 12.2 Å². The number of hydrogen-bond donors (Lipinski definition) is 0. The van der Waals surface area contributed by atoms with E-state index in [-0.39, 0.29) is 5.97 Å². The van der Waals surface area contributed by atoms with E-state index in [0.717, 1.165) is 38.5 Å². The molecular formula is C23H34O2. The van der Waals surface area contributed by atoms with Crippen molar-refractivity contribution in [2.75, 3.05) is 6.61 Å². The van der Waals surface area contributed by atoms with Gasteiger partial charge in [-0.25, -0.2) is 4.79 Å². The van der Waals surface area contributed by atoms with Crippen molar-refractivity contribution in [1.29, 1.82) is 0 Å². The fourth-order valence-corrected chi connectivity index (χ4v) is 1.92. The standard InChI is InChI=1S/C23H34O2/c1-4-6-7-8-9-10-11-12-13-14-15-16-17-18-19-20-21-22(3)23(24)25-5-2/h6-7,9-10,12-13,15-16,18-19,21H,4-5,8,11,14,17,20H2,1-3H3/b7-6-,10-9-,13-12-,16-15-,19-18-,22-21+. The molecule has 0 aromatic rings. The van der Waals surface area contributed by atoms with Crippen molar-refractivity contribution in [3.63, 3.8) is 0 Å². The first kappa shape index (κ1) is 22.9. The highest BCUT2D eigenvalue weighted by molar-refractivity contribution is 5.87. The summed E-state index contributed by atoms with van der Waals surface area (Å²) in [6.45, 7) is 6.17. The van der Waals surface area contributed by atoms with Crippen molar-refractivity contribution in [3.8, 4) is 0 Å². The van der Waals surface area contributed by atoms with Gasteiger partial charge in [-0.1, -0.05) is 73.8 Å². The molecule has 0 aromatic carbocycles. The average molecular weight is 343 g/mol. The predicted octanol–water partition coefficient (Wildman–Crippen LogP) is 6.64. The Balaban J connectivity index is 3.72. The largest absolute Gasteiger partial charge is 0.463 e. The summed E-state index contributed by atoms with van der Waals surface area (Å²) >= 11 is 0. The summed E-state index contributed by atoms with van der Waals surface area (Å²) in [7, 11) is 0. The third-order valence-corrected chi connectivity index (χ3v) is 3.32. The van der Waals surface area contributed by atoms with Gasteiger partial charge in [-0.15, -0.1) is 0 Å². The number of ether oxygens (including phenoxy) is 1. The minimum Gasteiger partial charge on any atom is -0.463 e. The SMILES string of the molecule is CC/C=C\C/C=C\C/C=C\C/C=C\C/C=C\C/C=C(\C)C(=O)OCC. The van der Waals surface area contributed by atoms with E-state index in [1.165, 1.54) is 0 Å². The highest BCUT2D eigenvalue weighted by Crippen LogP contribution is 2.01. The summed E-state index contributed by atoms with van der Waals surface area (Å²) in [5.74, 6) is -0.227. The summed E-state index contributed by atoms with van der Waals surface area (Å²) in [4.78, 5) is 11.4. The normalized spacial score (nSPS) is 13.3. The third kappa shape index (κ3) is 16.5. The number of hydrogen-bond acceptors (Lipinski definition) is 2. The van der Waals surface area contributed by atoms with Crippen LogP contribution in [0.3, 0.4) is 0 Å². The van der Waals surface area contributed by atoms with E-state index in [2.05, 4.69) is 67.7 Å². The van der Waals surface area contributed by atoms with Gasteiger partial charge >= 0.3 is 5.97 Å². The average Bonchev–Trinajstić information content (AvgIpc) is 2.61. The minimum absolute atomic E-state index is 0.227. The Bertz CT molecular complexity index is 502. The van der Waals surface area contributed by atoms with Crippen LogP contribution in [-0.2, 0) is 9.53 Å². The van der Waals surface area contributed by atoms with Crippen molar-refractivity contribution in [2.24, 2.45) is 0 Å². The van der Waals surface area contributed by atoms with Crippen LogP contribution in [0.15, 0.2) is 72.4 Å². The molecular weight excluding hydrogens is 308 g/mol. The lowest BCUT2D eigenvalue weighted by Crippen LogP contribution is -2.04. The lowest BCUT2D eigenvalue weighted by Gasteiger charge is -1.99. The van der Waals surface area contributed by atoms with Crippen molar-refractivity contribution in [3.05, 3.63) is 72.4 Å². The fraction of sp³-hybridized carbons (Fsp3) is 0.435. The number of carbonyl (C=O) groups is 1. The van der Waals surface area contributed by atoms with Crippen LogP contribution < -0.4 is 0 Å². The Kier molecular flexibility index (Phi) is 16.7. The molecule has 0 unspecified atom stereocenters. The molecule has 0 N–H and O–H groups in total. The second-order valence-corrected chi connectivity index (χ2v) is 5.55. The second kappa shape index (κ2) is 18.3.